The van der Waals surface area contributed by atoms with Gasteiger partial charge in [0.1, 0.15) is 0 Å². The first kappa shape index (κ1) is 16.9. The monoisotopic (exact) mass is 308 g/mol. The number of benzene rings is 1. The van der Waals surface area contributed by atoms with Gasteiger partial charge in [0.05, 0.1) is 7.11 Å². The fourth-order valence-corrected chi connectivity index (χ4v) is 2.27. The molecule has 0 unspecified atom stereocenters. The van der Waals surface area contributed by atoms with E-state index >= 15 is 0 Å². The number of nitrogens with two attached hydrogens (primary N) is 1. The Morgan fingerprint density at radius 2 is 2.15 bits per heavy atom. The zero-order valence-electron chi connectivity index (χ0n) is 11.2. The molecule has 0 bridgehead atoms. The van der Waals surface area contributed by atoms with Crippen molar-refractivity contribution in [3.05, 3.63) is 23.8 Å². The van der Waals surface area contributed by atoms with Crippen molar-refractivity contribution in [2.24, 2.45) is 5.73 Å². The van der Waals surface area contributed by atoms with Gasteiger partial charge < -0.3 is 15.2 Å². The van der Waals surface area contributed by atoms with Crippen LogP contribution in [0.15, 0.2) is 18.2 Å². The molecule has 0 amide bonds. The molecule has 0 aliphatic carbocycles. The molecule has 4 nitrogen and oxygen atoms in total. The van der Waals surface area contributed by atoms with E-state index in [1.54, 1.807) is 12.1 Å². The number of halogens is 3. The van der Waals surface area contributed by atoms with E-state index in [-0.39, 0.29) is 24.2 Å². The molecule has 1 fully saturated rings. The van der Waals surface area contributed by atoms with Crippen LogP contribution in [0, 0.1) is 0 Å². The van der Waals surface area contributed by atoms with Crippen LogP contribution in [0.1, 0.15) is 12.0 Å². The van der Waals surface area contributed by atoms with E-state index in [1.807, 2.05) is 0 Å². The van der Waals surface area contributed by atoms with Gasteiger partial charge in [0.25, 0.3) is 0 Å². The second-order valence-electron chi connectivity index (χ2n) is 4.65. The third-order valence-corrected chi connectivity index (χ3v) is 3.16. The first-order valence-corrected chi connectivity index (χ1v) is 6.18. The number of ether oxygens (including phenoxy) is 2. The second-order valence-corrected chi connectivity index (χ2v) is 4.65. The Morgan fingerprint density at radius 1 is 1.40 bits per heavy atom. The molecule has 1 saturated heterocycles. The second kappa shape index (κ2) is 7.61. The van der Waals surface area contributed by atoms with E-state index < -0.39 is 6.61 Å². The van der Waals surface area contributed by atoms with Crippen molar-refractivity contribution in [2.45, 2.75) is 25.6 Å². The highest BCUT2D eigenvalue weighted by molar-refractivity contribution is 5.85. The minimum Gasteiger partial charge on any atom is -0.493 e. The average Bonchev–Trinajstić information content (AvgIpc) is 2.76. The van der Waals surface area contributed by atoms with Gasteiger partial charge in [-0.2, -0.15) is 8.78 Å². The van der Waals surface area contributed by atoms with Gasteiger partial charge in [-0.1, -0.05) is 6.07 Å². The van der Waals surface area contributed by atoms with Crippen LogP contribution in [0.25, 0.3) is 0 Å². The maximum atomic E-state index is 12.2. The lowest BCUT2D eigenvalue weighted by Crippen LogP contribution is -2.26. The van der Waals surface area contributed by atoms with Crippen LogP contribution in [-0.2, 0) is 6.54 Å². The molecule has 114 valence electrons. The summed E-state index contributed by atoms with van der Waals surface area (Å²) in [6.07, 6.45) is 0.990. The van der Waals surface area contributed by atoms with Crippen LogP contribution < -0.4 is 15.2 Å². The van der Waals surface area contributed by atoms with E-state index in [0.717, 1.165) is 31.6 Å². The zero-order chi connectivity index (χ0) is 13.8. The Labute approximate surface area is 123 Å². The summed E-state index contributed by atoms with van der Waals surface area (Å²) in [6, 6.07) is 5.23. The highest BCUT2D eigenvalue weighted by Gasteiger charge is 2.19. The van der Waals surface area contributed by atoms with E-state index in [0.29, 0.717) is 5.75 Å². The molecule has 0 aromatic heterocycles. The smallest absolute Gasteiger partial charge is 0.387 e. The van der Waals surface area contributed by atoms with Crippen LogP contribution in [0.4, 0.5) is 8.78 Å². The largest absolute Gasteiger partial charge is 0.493 e. The number of alkyl halides is 2. The highest BCUT2D eigenvalue weighted by atomic mass is 35.5. The summed E-state index contributed by atoms with van der Waals surface area (Å²) in [5.74, 6) is 0.376. The standard InChI is InChI=1S/C13H18F2N2O2.ClH/c1-18-12-6-9(2-3-11(12)19-13(14)15)7-17-5-4-10(16)8-17;/h2-3,6,10,13H,4-5,7-8,16H2,1H3;1H/t10-;/m0./s1. The number of rotatable bonds is 5. The molecule has 1 atom stereocenters. The zero-order valence-corrected chi connectivity index (χ0v) is 12.0. The average molecular weight is 309 g/mol. The Bertz CT molecular complexity index is 435. The third-order valence-electron chi connectivity index (χ3n) is 3.16. The molecule has 20 heavy (non-hydrogen) atoms. The fourth-order valence-electron chi connectivity index (χ4n) is 2.27. The minimum absolute atomic E-state index is 0. The molecule has 0 radical (unpaired) electrons. The molecule has 2 N–H and O–H groups in total. The van der Waals surface area contributed by atoms with E-state index in [2.05, 4.69) is 9.64 Å². The normalized spacial score (nSPS) is 18.9. The van der Waals surface area contributed by atoms with Gasteiger partial charge in [0.2, 0.25) is 0 Å². The molecule has 1 aliphatic rings. The summed E-state index contributed by atoms with van der Waals surface area (Å²) in [7, 11) is 1.43. The maximum absolute atomic E-state index is 12.2. The van der Waals surface area contributed by atoms with Crippen molar-refractivity contribution >= 4 is 12.4 Å². The number of methoxy groups -OCH3 is 1. The first-order chi connectivity index (χ1) is 9.08. The maximum Gasteiger partial charge on any atom is 0.387 e. The quantitative estimate of drug-likeness (QED) is 0.906. The third kappa shape index (κ3) is 4.47. The van der Waals surface area contributed by atoms with Gasteiger partial charge in [-0.05, 0) is 24.1 Å². The Balaban J connectivity index is 0.00000200. The number of hydrogen-bond acceptors (Lipinski definition) is 4. The van der Waals surface area contributed by atoms with Crippen molar-refractivity contribution in [3.63, 3.8) is 0 Å². The van der Waals surface area contributed by atoms with Crippen molar-refractivity contribution < 1.29 is 18.3 Å². The minimum atomic E-state index is -2.85. The van der Waals surface area contributed by atoms with Crippen LogP contribution in [-0.4, -0.2) is 37.8 Å². The van der Waals surface area contributed by atoms with E-state index in [4.69, 9.17) is 10.5 Å². The predicted molar refractivity (Wildman–Crippen MR) is 74.7 cm³/mol. The van der Waals surface area contributed by atoms with Gasteiger partial charge >= 0.3 is 6.61 Å². The van der Waals surface area contributed by atoms with Crippen LogP contribution in [0.3, 0.4) is 0 Å². The fraction of sp³-hybridized carbons (Fsp3) is 0.538. The molecule has 1 aromatic carbocycles. The molecular weight excluding hydrogens is 290 g/mol. The van der Waals surface area contributed by atoms with Gasteiger partial charge in [-0.15, -0.1) is 12.4 Å². The van der Waals surface area contributed by atoms with Crippen molar-refractivity contribution in [2.75, 3.05) is 20.2 Å². The summed E-state index contributed by atoms with van der Waals surface area (Å²) < 4.78 is 33.9. The Morgan fingerprint density at radius 3 is 2.70 bits per heavy atom. The lowest BCUT2D eigenvalue weighted by molar-refractivity contribution is -0.0512. The van der Waals surface area contributed by atoms with Crippen LogP contribution >= 0.6 is 12.4 Å². The number of likely N-dealkylation sites (tertiary alicyclic amines) is 1. The lowest BCUT2D eigenvalue weighted by Gasteiger charge is -2.17. The summed E-state index contributed by atoms with van der Waals surface area (Å²) in [5, 5.41) is 0. The molecule has 0 spiro atoms. The highest BCUT2D eigenvalue weighted by Crippen LogP contribution is 2.30. The van der Waals surface area contributed by atoms with Crippen LogP contribution in [0.2, 0.25) is 0 Å². The molecule has 1 heterocycles. The van der Waals surface area contributed by atoms with Gasteiger partial charge in [0, 0.05) is 25.7 Å². The summed E-state index contributed by atoms with van der Waals surface area (Å²) in [5.41, 5.74) is 6.84. The summed E-state index contributed by atoms with van der Waals surface area (Å²) >= 11 is 0. The molecule has 0 saturated carbocycles. The molecule has 1 aromatic rings. The Hall–Kier alpha value is -1.11. The molecule has 7 heteroatoms. The van der Waals surface area contributed by atoms with E-state index in [9.17, 15) is 8.78 Å². The topological polar surface area (TPSA) is 47.7 Å². The molecule has 2 rings (SSSR count). The Kier molecular flexibility index (Phi) is 6.45. The molecular formula is C13H19ClF2N2O2. The summed E-state index contributed by atoms with van der Waals surface area (Å²) in [4.78, 5) is 2.23. The lowest BCUT2D eigenvalue weighted by atomic mass is 10.2. The van der Waals surface area contributed by atoms with Crippen molar-refractivity contribution in [3.8, 4) is 11.5 Å². The number of hydrogen-bond donors (Lipinski definition) is 1. The van der Waals surface area contributed by atoms with E-state index in [1.165, 1.54) is 13.2 Å². The molecule has 1 aliphatic heterocycles. The van der Waals surface area contributed by atoms with Gasteiger partial charge in [0.15, 0.2) is 11.5 Å². The first-order valence-electron chi connectivity index (χ1n) is 6.18. The van der Waals surface area contributed by atoms with Gasteiger partial charge in [-0.25, -0.2) is 0 Å². The van der Waals surface area contributed by atoms with Gasteiger partial charge in [-0.3, -0.25) is 4.90 Å². The van der Waals surface area contributed by atoms with Crippen molar-refractivity contribution in [1.82, 2.24) is 4.90 Å². The predicted octanol–water partition coefficient (Wildman–Crippen LogP) is 2.25. The SMILES string of the molecule is COc1cc(CN2CC[C@H](N)C2)ccc1OC(F)F.Cl. The number of nitrogens with zero attached hydrogens (tertiary/aromatic N) is 1. The summed E-state index contributed by atoms with van der Waals surface area (Å²) in [6.45, 7) is -0.300. The van der Waals surface area contributed by atoms with Crippen LogP contribution in [0.5, 0.6) is 11.5 Å². The van der Waals surface area contributed by atoms with Crippen molar-refractivity contribution in [1.29, 1.82) is 0 Å².